The first kappa shape index (κ1) is 18.9. The molecule has 27 heavy (non-hydrogen) atoms. The Labute approximate surface area is 159 Å². The average Bonchev–Trinajstić information content (AvgIpc) is 2.72. The van der Waals surface area contributed by atoms with Crippen LogP contribution < -0.4 is 14.5 Å². The fourth-order valence-corrected chi connectivity index (χ4v) is 3.29. The SMILES string of the molecule is COc1ccccc1N(CCCN1CCN(c2cccnn2)CC1)C(=O)O. The van der Waals surface area contributed by atoms with Crippen molar-refractivity contribution in [3.63, 3.8) is 0 Å². The van der Waals surface area contributed by atoms with Gasteiger partial charge in [-0.25, -0.2) is 4.79 Å². The molecule has 0 aliphatic carbocycles. The highest BCUT2D eigenvalue weighted by atomic mass is 16.5. The van der Waals surface area contributed by atoms with E-state index in [0.717, 1.165) is 45.0 Å². The number of aromatic nitrogens is 2. The lowest BCUT2D eigenvalue weighted by Gasteiger charge is -2.35. The molecule has 0 bridgehead atoms. The molecule has 0 saturated carbocycles. The molecular formula is C19H25N5O3. The van der Waals surface area contributed by atoms with E-state index in [9.17, 15) is 9.90 Å². The van der Waals surface area contributed by atoms with Crippen molar-refractivity contribution < 1.29 is 14.6 Å². The van der Waals surface area contributed by atoms with Crippen LogP contribution in [-0.4, -0.2) is 72.7 Å². The van der Waals surface area contributed by atoms with Gasteiger partial charge in [0, 0.05) is 38.9 Å². The quantitative estimate of drug-likeness (QED) is 0.799. The molecule has 1 N–H and O–H groups in total. The van der Waals surface area contributed by atoms with E-state index in [1.54, 1.807) is 25.4 Å². The van der Waals surface area contributed by atoms with Crippen molar-refractivity contribution in [3.05, 3.63) is 42.6 Å². The van der Waals surface area contributed by atoms with Gasteiger partial charge in [0.2, 0.25) is 0 Å². The van der Waals surface area contributed by atoms with Gasteiger partial charge in [0.25, 0.3) is 0 Å². The summed E-state index contributed by atoms with van der Waals surface area (Å²) in [5.41, 5.74) is 0.583. The van der Waals surface area contributed by atoms with Crippen molar-refractivity contribution in [1.82, 2.24) is 15.1 Å². The van der Waals surface area contributed by atoms with E-state index < -0.39 is 6.09 Å². The Morgan fingerprint density at radius 3 is 2.63 bits per heavy atom. The zero-order chi connectivity index (χ0) is 19.1. The second kappa shape index (κ2) is 9.18. The molecule has 1 aliphatic heterocycles. The van der Waals surface area contributed by atoms with Crippen LogP contribution in [0.3, 0.4) is 0 Å². The smallest absolute Gasteiger partial charge is 0.411 e. The van der Waals surface area contributed by atoms with Crippen molar-refractivity contribution in [2.75, 3.05) is 56.2 Å². The van der Waals surface area contributed by atoms with Gasteiger partial charge in [-0.2, -0.15) is 5.10 Å². The largest absolute Gasteiger partial charge is 0.495 e. The van der Waals surface area contributed by atoms with Gasteiger partial charge in [0.05, 0.1) is 12.8 Å². The van der Waals surface area contributed by atoms with Crippen molar-refractivity contribution in [2.45, 2.75) is 6.42 Å². The number of methoxy groups -OCH3 is 1. The number of rotatable bonds is 7. The molecule has 2 heterocycles. The molecule has 3 rings (SSSR count). The van der Waals surface area contributed by atoms with Crippen LogP contribution in [0.15, 0.2) is 42.6 Å². The van der Waals surface area contributed by atoms with E-state index in [1.807, 2.05) is 24.3 Å². The molecule has 8 heteroatoms. The Balaban J connectivity index is 1.49. The fraction of sp³-hybridized carbons (Fsp3) is 0.421. The van der Waals surface area contributed by atoms with Crippen LogP contribution in [0.4, 0.5) is 16.3 Å². The van der Waals surface area contributed by atoms with Crippen molar-refractivity contribution >= 4 is 17.6 Å². The summed E-state index contributed by atoms with van der Waals surface area (Å²) in [7, 11) is 1.55. The highest BCUT2D eigenvalue weighted by molar-refractivity contribution is 5.88. The topological polar surface area (TPSA) is 82.0 Å². The Morgan fingerprint density at radius 2 is 1.96 bits per heavy atom. The van der Waals surface area contributed by atoms with E-state index >= 15 is 0 Å². The third-order valence-electron chi connectivity index (χ3n) is 4.72. The van der Waals surface area contributed by atoms with Gasteiger partial charge in [0.15, 0.2) is 5.82 Å². The monoisotopic (exact) mass is 371 g/mol. The number of hydrogen-bond acceptors (Lipinski definition) is 6. The maximum Gasteiger partial charge on any atom is 0.411 e. The second-order valence-electron chi connectivity index (χ2n) is 6.37. The molecule has 1 aromatic carbocycles. The van der Waals surface area contributed by atoms with Crippen LogP contribution in [0.25, 0.3) is 0 Å². The minimum absolute atomic E-state index is 0.431. The lowest BCUT2D eigenvalue weighted by Crippen LogP contribution is -2.47. The summed E-state index contributed by atoms with van der Waals surface area (Å²) in [5.74, 6) is 1.47. The number of ether oxygens (including phenoxy) is 1. The Kier molecular flexibility index (Phi) is 6.43. The summed E-state index contributed by atoms with van der Waals surface area (Å²) < 4.78 is 5.29. The van der Waals surface area contributed by atoms with Gasteiger partial charge in [-0.1, -0.05) is 12.1 Å². The van der Waals surface area contributed by atoms with E-state index in [4.69, 9.17) is 4.74 Å². The van der Waals surface area contributed by atoms with Gasteiger partial charge < -0.3 is 14.7 Å². The summed E-state index contributed by atoms with van der Waals surface area (Å²) in [6.45, 7) is 4.94. The molecule has 0 unspecified atom stereocenters. The van der Waals surface area contributed by atoms with Gasteiger partial charge >= 0.3 is 6.09 Å². The van der Waals surface area contributed by atoms with Crippen LogP contribution in [0.2, 0.25) is 0 Å². The Hall–Kier alpha value is -2.87. The van der Waals surface area contributed by atoms with Gasteiger partial charge in [0.1, 0.15) is 5.75 Å². The Bertz CT molecular complexity index is 735. The number of para-hydroxylation sites is 2. The molecule has 0 radical (unpaired) electrons. The number of benzene rings is 1. The normalized spacial score (nSPS) is 14.8. The number of carbonyl (C=O) groups is 1. The van der Waals surface area contributed by atoms with Gasteiger partial charge in [-0.3, -0.25) is 9.80 Å². The summed E-state index contributed by atoms with van der Waals surface area (Å²) in [6.07, 6.45) is 1.47. The molecule has 0 atom stereocenters. The van der Waals surface area contributed by atoms with E-state index in [2.05, 4.69) is 20.0 Å². The highest BCUT2D eigenvalue weighted by Gasteiger charge is 2.20. The summed E-state index contributed by atoms with van der Waals surface area (Å²) in [4.78, 5) is 17.6. The highest BCUT2D eigenvalue weighted by Crippen LogP contribution is 2.27. The first-order valence-corrected chi connectivity index (χ1v) is 9.07. The molecule has 0 spiro atoms. The summed E-state index contributed by atoms with van der Waals surface area (Å²) in [5, 5.41) is 17.7. The molecule has 1 aliphatic rings. The predicted molar refractivity (Wildman–Crippen MR) is 104 cm³/mol. The molecule has 8 nitrogen and oxygen atoms in total. The third kappa shape index (κ3) is 4.85. The summed E-state index contributed by atoms with van der Waals surface area (Å²) >= 11 is 0. The van der Waals surface area contributed by atoms with Crippen molar-refractivity contribution in [1.29, 1.82) is 0 Å². The first-order valence-electron chi connectivity index (χ1n) is 9.07. The van der Waals surface area contributed by atoms with Crippen LogP contribution >= 0.6 is 0 Å². The van der Waals surface area contributed by atoms with E-state index in [0.29, 0.717) is 18.0 Å². The zero-order valence-electron chi connectivity index (χ0n) is 15.5. The first-order chi connectivity index (χ1) is 13.2. The molecule has 1 aromatic heterocycles. The van der Waals surface area contributed by atoms with E-state index in [1.165, 1.54) is 4.90 Å². The minimum atomic E-state index is -0.966. The number of anilines is 2. The maximum absolute atomic E-state index is 11.7. The summed E-state index contributed by atoms with van der Waals surface area (Å²) in [6, 6.07) is 11.1. The number of carboxylic acid groups (broad SMARTS) is 1. The Morgan fingerprint density at radius 1 is 1.19 bits per heavy atom. The van der Waals surface area contributed by atoms with Crippen molar-refractivity contribution in [2.24, 2.45) is 0 Å². The third-order valence-corrected chi connectivity index (χ3v) is 4.72. The predicted octanol–water partition coefficient (Wildman–Crippen LogP) is 2.18. The number of nitrogens with zero attached hydrogens (tertiary/aromatic N) is 5. The fourth-order valence-electron chi connectivity index (χ4n) is 3.29. The van der Waals surface area contributed by atoms with Crippen LogP contribution in [0.5, 0.6) is 5.75 Å². The van der Waals surface area contributed by atoms with Crippen LogP contribution in [0, 0.1) is 0 Å². The molecule has 1 fully saturated rings. The second-order valence-corrected chi connectivity index (χ2v) is 6.37. The lowest BCUT2D eigenvalue weighted by atomic mass is 10.2. The number of piperazine rings is 1. The van der Waals surface area contributed by atoms with E-state index in [-0.39, 0.29) is 0 Å². The molecule has 1 saturated heterocycles. The lowest BCUT2D eigenvalue weighted by molar-refractivity contribution is 0.200. The van der Waals surface area contributed by atoms with Crippen LogP contribution in [0.1, 0.15) is 6.42 Å². The molecular weight excluding hydrogens is 346 g/mol. The molecule has 1 amide bonds. The van der Waals surface area contributed by atoms with Crippen LogP contribution in [-0.2, 0) is 0 Å². The van der Waals surface area contributed by atoms with Crippen molar-refractivity contribution in [3.8, 4) is 5.75 Å². The molecule has 144 valence electrons. The van der Waals surface area contributed by atoms with Gasteiger partial charge in [-0.15, -0.1) is 5.10 Å². The maximum atomic E-state index is 11.7. The molecule has 2 aromatic rings. The standard InChI is InChI=1S/C19H25N5O3/c1-27-17-7-3-2-6-16(17)24(19(25)26)11-5-10-22-12-14-23(15-13-22)18-8-4-9-20-21-18/h2-4,6-9H,5,10-15H2,1H3,(H,25,26). The zero-order valence-corrected chi connectivity index (χ0v) is 15.5. The van der Waals surface area contributed by atoms with Gasteiger partial charge in [-0.05, 0) is 37.2 Å². The number of hydrogen-bond donors (Lipinski definition) is 1. The number of amides is 1. The average molecular weight is 371 g/mol. The minimum Gasteiger partial charge on any atom is -0.495 e.